The lowest BCUT2D eigenvalue weighted by Gasteiger charge is -2.09. The van der Waals surface area contributed by atoms with E-state index in [9.17, 15) is 4.79 Å². The fourth-order valence-electron chi connectivity index (χ4n) is 2.01. The molecule has 0 heterocycles. The van der Waals surface area contributed by atoms with E-state index in [-0.39, 0.29) is 5.78 Å². The summed E-state index contributed by atoms with van der Waals surface area (Å²) >= 11 is 0. The van der Waals surface area contributed by atoms with Crippen molar-refractivity contribution >= 4 is 16.6 Å². The highest BCUT2D eigenvalue weighted by molar-refractivity contribution is 6.15. The Morgan fingerprint density at radius 1 is 1.11 bits per heavy atom. The SMILES string of the molecule is COc1ccc2ccccc2c1C(=O)C=C(C)C. The molecule has 0 amide bonds. The molecule has 2 rings (SSSR count). The predicted octanol–water partition coefficient (Wildman–Crippen LogP) is 4.00. The summed E-state index contributed by atoms with van der Waals surface area (Å²) in [6.45, 7) is 3.82. The highest BCUT2D eigenvalue weighted by atomic mass is 16.5. The lowest BCUT2D eigenvalue weighted by atomic mass is 9.99. The maximum Gasteiger partial charge on any atom is 0.190 e. The van der Waals surface area contributed by atoms with Crippen LogP contribution in [0.1, 0.15) is 24.2 Å². The van der Waals surface area contributed by atoms with Gasteiger partial charge in [-0.15, -0.1) is 0 Å². The number of allylic oxidation sites excluding steroid dienone is 2. The molecule has 0 saturated heterocycles. The Morgan fingerprint density at radius 3 is 2.50 bits per heavy atom. The topological polar surface area (TPSA) is 26.3 Å². The summed E-state index contributed by atoms with van der Waals surface area (Å²) in [6, 6.07) is 11.6. The molecule has 0 aromatic heterocycles. The first-order chi connectivity index (χ1) is 8.63. The van der Waals surface area contributed by atoms with Crippen LogP contribution in [0.2, 0.25) is 0 Å². The number of carbonyl (C=O) groups is 1. The van der Waals surface area contributed by atoms with Crippen molar-refractivity contribution in [2.24, 2.45) is 0 Å². The first-order valence-corrected chi connectivity index (χ1v) is 5.88. The molecule has 0 aliphatic carbocycles. The number of ether oxygens (including phenoxy) is 1. The molecule has 18 heavy (non-hydrogen) atoms. The third-order valence-electron chi connectivity index (χ3n) is 2.78. The van der Waals surface area contributed by atoms with E-state index in [4.69, 9.17) is 4.74 Å². The molecule has 0 aliphatic rings. The van der Waals surface area contributed by atoms with Crippen LogP contribution >= 0.6 is 0 Å². The Bertz CT molecular complexity index is 620. The number of hydrogen-bond acceptors (Lipinski definition) is 2. The van der Waals surface area contributed by atoms with Gasteiger partial charge in [-0.25, -0.2) is 0 Å². The Balaban J connectivity index is 2.72. The maximum absolute atomic E-state index is 12.3. The van der Waals surface area contributed by atoms with Crippen LogP contribution in [0.3, 0.4) is 0 Å². The van der Waals surface area contributed by atoms with Crippen LogP contribution in [0.5, 0.6) is 5.75 Å². The van der Waals surface area contributed by atoms with E-state index in [1.165, 1.54) is 0 Å². The van der Waals surface area contributed by atoms with E-state index < -0.39 is 0 Å². The van der Waals surface area contributed by atoms with Gasteiger partial charge >= 0.3 is 0 Å². The molecule has 0 unspecified atom stereocenters. The highest BCUT2D eigenvalue weighted by Gasteiger charge is 2.13. The average molecular weight is 240 g/mol. The second-order valence-corrected chi connectivity index (χ2v) is 4.45. The van der Waals surface area contributed by atoms with Crippen molar-refractivity contribution in [1.29, 1.82) is 0 Å². The molecular formula is C16H16O2. The molecule has 0 N–H and O–H groups in total. The van der Waals surface area contributed by atoms with Gasteiger partial charge in [-0.2, -0.15) is 0 Å². The van der Waals surface area contributed by atoms with Gasteiger partial charge in [-0.3, -0.25) is 4.79 Å². The van der Waals surface area contributed by atoms with Crippen LogP contribution in [0.4, 0.5) is 0 Å². The number of hydrogen-bond donors (Lipinski definition) is 0. The lowest BCUT2D eigenvalue weighted by Crippen LogP contribution is -2.01. The predicted molar refractivity (Wildman–Crippen MR) is 74.3 cm³/mol. The molecule has 2 aromatic carbocycles. The first kappa shape index (κ1) is 12.4. The molecular weight excluding hydrogens is 224 g/mol. The molecule has 0 atom stereocenters. The fourth-order valence-corrected chi connectivity index (χ4v) is 2.01. The Morgan fingerprint density at radius 2 is 1.83 bits per heavy atom. The largest absolute Gasteiger partial charge is 0.496 e. The summed E-state index contributed by atoms with van der Waals surface area (Å²) in [5, 5.41) is 1.98. The van der Waals surface area contributed by atoms with Crippen LogP contribution in [0.25, 0.3) is 10.8 Å². The first-order valence-electron chi connectivity index (χ1n) is 5.88. The average Bonchev–Trinajstić information content (AvgIpc) is 2.36. The van der Waals surface area contributed by atoms with Crippen molar-refractivity contribution in [2.45, 2.75) is 13.8 Å². The van der Waals surface area contributed by atoms with E-state index in [1.54, 1.807) is 13.2 Å². The molecule has 0 fully saturated rings. The van der Waals surface area contributed by atoms with Gasteiger partial charge < -0.3 is 4.74 Å². The molecule has 2 heteroatoms. The van der Waals surface area contributed by atoms with Gasteiger partial charge in [0.1, 0.15) is 5.75 Å². The summed E-state index contributed by atoms with van der Waals surface area (Å²) in [4.78, 5) is 12.3. The highest BCUT2D eigenvalue weighted by Crippen LogP contribution is 2.28. The Hall–Kier alpha value is -2.09. The van der Waals surface area contributed by atoms with Gasteiger partial charge in [-0.1, -0.05) is 35.9 Å². The summed E-state index contributed by atoms with van der Waals surface area (Å²) < 4.78 is 5.31. The fraction of sp³-hybridized carbons (Fsp3) is 0.188. The van der Waals surface area contributed by atoms with Gasteiger partial charge in [-0.05, 0) is 36.8 Å². The lowest BCUT2D eigenvalue weighted by molar-refractivity contribution is 0.104. The van der Waals surface area contributed by atoms with E-state index in [1.807, 2.05) is 50.2 Å². The molecule has 92 valence electrons. The molecule has 0 radical (unpaired) electrons. The summed E-state index contributed by atoms with van der Waals surface area (Å²) in [6.07, 6.45) is 1.64. The van der Waals surface area contributed by atoms with Crippen LogP contribution in [-0.4, -0.2) is 12.9 Å². The van der Waals surface area contributed by atoms with E-state index >= 15 is 0 Å². The quantitative estimate of drug-likeness (QED) is 0.598. The van der Waals surface area contributed by atoms with Gasteiger partial charge in [0.2, 0.25) is 0 Å². The van der Waals surface area contributed by atoms with E-state index in [0.717, 1.165) is 16.3 Å². The van der Waals surface area contributed by atoms with Crippen LogP contribution in [0.15, 0.2) is 48.0 Å². The normalized spacial score (nSPS) is 10.2. The zero-order valence-electron chi connectivity index (χ0n) is 10.9. The third-order valence-corrected chi connectivity index (χ3v) is 2.78. The number of methoxy groups -OCH3 is 1. The van der Waals surface area contributed by atoms with Gasteiger partial charge in [0.25, 0.3) is 0 Å². The monoisotopic (exact) mass is 240 g/mol. The second-order valence-electron chi connectivity index (χ2n) is 4.45. The van der Waals surface area contributed by atoms with Gasteiger partial charge in [0, 0.05) is 0 Å². The number of benzene rings is 2. The number of carbonyl (C=O) groups excluding carboxylic acids is 1. The molecule has 0 saturated carbocycles. The molecule has 0 bridgehead atoms. The second kappa shape index (κ2) is 5.05. The van der Waals surface area contributed by atoms with Crippen LogP contribution in [-0.2, 0) is 0 Å². The summed E-state index contributed by atoms with van der Waals surface area (Å²) in [5.74, 6) is 0.611. The minimum Gasteiger partial charge on any atom is -0.496 e. The zero-order chi connectivity index (χ0) is 13.1. The van der Waals surface area contributed by atoms with Crippen molar-refractivity contribution in [3.05, 3.63) is 53.6 Å². The smallest absolute Gasteiger partial charge is 0.190 e. The molecule has 2 nitrogen and oxygen atoms in total. The molecule has 0 spiro atoms. The maximum atomic E-state index is 12.3. The molecule has 2 aromatic rings. The third kappa shape index (κ3) is 2.28. The van der Waals surface area contributed by atoms with Crippen LogP contribution in [0, 0.1) is 0 Å². The standard InChI is InChI=1S/C16H16O2/c1-11(2)10-14(17)16-13-7-5-4-6-12(13)8-9-15(16)18-3/h4-10H,1-3H3. The molecule has 0 aliphatic heterocycles. The number of fused-ring (bicyclic) bond motifs is 1. The summed E-state index contributed by atoms with van der Waals surface area (Å²) in [7, 11) is 1.59. The van der Waals surface area contributed by atoms with Gasteiger partial charge in [0.15, 0.2) is 5.78 Å². The van der Waals surface area contributed by atoms with Gasteiger partial charge in [0.05, 0.1) is 12.7 Å². The van der Waals surface area contributed by atoms with E-state index in [0.29, 0.717) is 11.3 Å². The Labute approximate surface area is 107 Å². The van der Waals surface area contributed by atoms with Crippen molar-refractivity contribution in [1.82, 2.24) is 0 Å². The van der Waals surface area contributed by atoms with Crippen LogP contribution < -0.4 is 4.74 Å². The van der Waals surface area contributed by atoms with Crippen molar-refractivity contribution in [3.63, 3.8) is 0 Å². The number of rotatable bonds is 3. The van der Waals surface area contributed by atoms with Crippen molar-refractivity contribution in [3.8, 4) is 5.75 Å². The van der Waals surface area contributed by atoms with Crippen molar-refractivity contribution in [2.75, 3.05) is 7.11 Å². The zero-order valence-corrected chi connectivity index (χ0v) is 10.9. The minimum absolute atomic E-state index is 0.0105. The summed E-state index contributed by atoms with van der Waals surface area (Å²) in [5.41, 5.74) is 1.62. The minimum atomic E-state index is -0.0105. The number of ketones is 1. The van der Waals surface area contributed by atoms with Crippen molar-refractivity contribution < 1.29 is 9.53 Å². The Kier molecular flexibility index (Phi) is 3.47. The van der Waals surface area contributed by atoms with E-state index in [2.05, 4.69) is 0 Å².